The maximum Gasteiger partial charge on any atom is 0.274 e. The zero-order valence-corrected chi connectivity index (χ0v) is 17.1. The molecular weight excluding hydrogens is 362 g/mol. The van der Waals surface area contributed by atoms with Crippen LogP contribution in [0.1, 0.15) is 59.4 Å². The number of hydrogen-bond acceptors (Lipinski definition) is 4. The van der Waals surface area contributed by atoms with E-state index in [4.69, 9.17) is 5.10 Å². The van der Waals surface area contributed by atoms with Crippen LogP contribution in [0.3, 0.4) is 0 Å². The van der Waals surface area contributed by atoms with Crippen LogP contribution in [0.15, 0.2) is 37.2 Å². The number of carbonyl (C=O) groups is 1. The van der Waals surface area contributed by atoms with Gasteiger partial charge in [-0.05, 0) is 43.7 Å². The summed E-state index contributed by atoms with van der Waals surface area (Å²) in [6, 6.07) is 4.40. The number of rotatable bonds is 6. The first kappa shape index (κ1) is 19.8. The van der Waals surface area contributed by atoms with E-state index in [0.29, 0.717) is 18.3 Å². The number of aromatic nitrogens is 3. The highest BCUT2D eigenvalue weighted by atomic mass is 16.2. The van der Waals surface area contributed by atoms with Crippen LogP contribution in [0.2, 0.25) is 0 Å². The molecule has 1 aliphatic carbocycles. The summed E-state index contributed by atoms with van der Waals surface area (Å²) in [6.07, 6.45) is 13.0. The SMILES string of the molecule is C=CCn1nc(C(=O)N2CCCCCC2)c2c1CCC(NCc1cccnc1)C2. The lowest BCUT2D eigenvalue weighted by molar-refractivity contribution is 0.0753. The lowest BCUT2D eigenvalue weighted by atomic mass is 9.91. The van der Waals surface area contributed by atoms with Gasteiger partial charge in [0.1, 0.15) is 0 Å². The molecule has 3 heterocycles. The molecule has 154 valence electrons. The molecule has 0 radical (unpaired) electrons. The largest absolute Gasteiger partial charge is 0.337 e. The van der Waals surface area contributed by atoms with Crippen LogP contribution in [-0.4, -0.2) is 44.7 Å². The number of nitrogens with zero attached hydrogens (tertiary/aromatic N) is 4. The van der Waals surface area contributed by atoms with E-state index in [1.165, 1.54) is 24.1 Å². The number of nitrogens with one attached hydrogen (secondary N) is 1. The topological polar surface area (TPSA) is 63.1 Å². The fraction of sp³-hybridized carbons (Fsp3) is 0.522. The van der Waals surface area contributed by atoms with Gasteiger partial charge < -0.3 is 10.2 Å². The zero-order chi connectivity index (χ0) is 20.1. The first-order chi connectivity index (χ1) is 14.3. The molecule has 1 saturated heterocycles. The van der Waals surface area contributed by atoms with Crippen LogP contribution in [0.4, 0.5) is 0 Å². The quantitative estimate of drug-likeness (QED) is 0.766. The highest BCUT2D eigenvalue weighted by molar-refractivity contribution is 5.94. The maximum absolute atomic E-state index is 13.3. The minimum Gasteiger partial charge on any atom is -0.337 e. The van der Waals surface area contributed by atoms with Crippen molar-refractivity contribution in [3.05, 3.63) is 59.7 Å². The summed E-state index contributed by atoms with van der Waals surface area (Å²) in [4.78, 5) is 19.5. The summed E-state index contributed by atoms with van der Waals surface area (Å²) in [5, 5.41) is 8.41. The van der Waals surface area contributed by atoms with E-state index < -0.39 is 0 Å². The molecule has 29 heavy (non-hydrogen) atoms. The van der Waals surface area contributed by atoms with Crippen molar-refractivity contribution in [3.8, 4) is 0 Å². The maximum atomic E-state index is 13.3. The Kier molecular flexibility index (Phi) is 6.39. The van der Waals surface area contributed by atoms with Crippen LogP contribution in [0.25, 0.3) is 0 Å². The van der Waals surface area contributed by atoms with Gasteiger partial charge in [-0.25, -0.2) is 0 Å². The van der Waals surface area contributed by atoms with Gasteiger partial charge in [-0.3, -0.25) is 14.5 Å². The molecule has 1 unspecified atom stereocenters. The van der Waals surface area contributed by atoms with Gasteiger partial charge in [0.25, 0.3) is 5.91 Å². The zero-order valence-electron chi connectivity index (χ0n) is 17.1. The minimum atomic E-state index is 0.110. The second-order valence-electron chi connectivity index (χ2n) is 8.13. The van der Waals surface area contributed by atoms with Gasteiger partial charge >= 0.3 is 0 Å². The Labute approximate surface area is 173 Å². The molecule has 4 rings (SSSR count). The number of likely N-dealkylation sites (tertiary alicyclic amines) is 1. The fourth-order valence-corrected chi connectivity index (χ4v) is 4.50. The van der Waals surface area contributed by atoms with Gasteiger partial charge in [0.2, 0.25) is 0 Å². The summed E-state index contributed by atoms with van der Waals surface area (Å²) in [7, 11) is 0. The Morgan fingerprint density at radius 1 is 1.28 bits per heavy atom. The number of allylic oxidation sites excluding steroid dienone is 1. The van der Waals surface area contributed by atoms with Gasteiger partial charge in [0.05, 0.1) is 6.54 Å². The van der Waals surface area contributed by atoms with Crippen LogP contribution >= 0.6 is 0 Å². The molecular formula is C23H31N5O. The van der Waals surface area contributed by atoms with Crippen molar-refractivity contribution in [3.63, 3.8) is 0 Å². The van der Waals surface area contributed by atoms with Crippen molar-refractivity contribution in [1.82, 2.24) is 25.0 Å². The molecule has 1 aliphatic heterocycles. The van der Waals surface area contributed by atoms with E-state index in [9.17, 15) is 4.79 Å². The van der Waals surface area contributed by atoms with Crippen LogP contribution in [0.5, 0.6) is 0 Å². The Morgan fingerprint density at radius 2 is 2.10 bits per heavy atom. The average molecular weight is 394 g/mol. The van der Waals surface area contributed by atoms with E-state index in [1.807, 2.05) is 27.9 Å². The van der Waals surface area contributed by atoms with E-state index in [1.54, 1.807) is 6.20 Å². The number of amides is 1. The van der Waals surface area contributed by atoms with Crippen LogP contribution in [0, 0.1) is 0 Å². The van der Waals surface area contributed by atoms with Gasteiger partial charge in [-0.2, -0.15) is 5.10 Å². The van der Waals surface area contributed by atoms with Gasteiger partial charge in [0.15, 0.2) is 5.69 Å². The number of carbonyl (C=O) groups excluding carboxylic acids is 1. The predicted octanol–water partition coefficient (Wildman–Crippen LogP) is 3.13. The van der Waals surface area contributed by atoms with Gasteiger partial charge in [-0.15, -0.1) is 6.58 Å². The predicted molar refractivity (Wildman–Crippen MR) is 114 cm³/mol. The van der Waals surface area contributed by atoms with E-state index in [-0.39, 0.29) is 5.91 Å². The van der Waals surface area contributed by atoms with E-state index >= 15 is 0 Å². The van der Waals surface area contributed by atoms with Gasteiger partial charge in [0, 0.05) is 49.3 Å². The van der Waals surface area contributed by atoms with Crippen LogP contribution < -0.4 is 5.32 Å². The van der Waals surface area contributed by atoms with E-state index in [2.05, 4.69) is 22.9 Å². The first-order valence-electron chi connectivity index (χ1n) is 10.9. The minimum absolute atomic E-state index is 0.110. The smallest absolute Gasteiger partial charge is 0.274 e. The second-order valence-corrected chi connectivity index (χ2v) is 8.13. The Hall–Kier alpha value is -2.47. The summed E-state index contributed by atoms with van der Waals surface area (Å²) in [5.74, 6) is 0.110. The number of hydrogen-bond donors (Lipinski definition) is 1. The third-order valence-corrected chi connectivity index (χ3v) is 6.06. The van der Waals surface area contributed by atoms with Crippen molar-refractivity contribution in [2.45, 2.75) is 64.1 Å². The summed E-state index contributed by atoms with van der Waals surface area (Å²) >= 11 is 0. The van der Waals surface area contributed by atoms with Crippen molar-refractivity contribution in [2.75, 3.05) is 13.1 Å². The van der Waals surface area contributed by atoms with Gasteiger partial charge in [-0.1, -0.05) is 25.0 Å². The summed E-state index contributed by atoms with van der Waals surface area (Å²) < 4.78 is 1.99. The average Bonchev–Trinajstić information content (AvgIpc) is 2.92. The Bertz CT molecular complexity index is 836. The molecule has 1 atom stereocenters. The highest BCUT2D eigenvalue weighted by Crippen LogP contribution is 2.27. The standard InChI is InChI=1S/C23H31N5O/c1-2-12-28-21-10-9-19(25-17-18-8-7-11-24-16-18)15-20(21)22(26-28)23(29)27-13-5-3-4-6-14-27/h2,7-8,11,16,19,25H,1,3-6,9-10,12-15,17H2. The summed E-state index contributed by atoms with van der Waals surface area (Å²) in [6.45, 7) is 7.02. The molecule has 1 fully saturated rings. The normalized spacial score (nSPS) is 19.4. The monoisotopic (exact) mass is 393 g/mol. The highest BCUT2D eigenvalue weighted by Gasteiger charge is 2.31. The molecule has 0 spiro atoms. The molecule has 2 aromatic rings. The molecule has 1 amide bonds. The Morgan fingerprint density at radius 3 is 2.83 bits per heavy atom. The van der Waals surface area contributed by atoms with E-state index in [0.717, 1.165) is 57.3 Å². The van der Waals surface area contributed by atoms with Crippen LogP contribution in [-0.2, 0) is 25.9 Å². The van der Waals surface area contributed by atoms with Crippen molar-refractivity contribution < 1.29 is 4.79 Å². The molecule has 0 saturated carbocycles. The molecule has 2 aliphatic rings. The van der Waals surface area contributed by atoms with Crippen molar-refractivity contribution in [2.24, 2.45) is 0 Å². The Balaban J connectivity index is 1.52. The molecule has 0 bridgehead atoms. The second kappa shape index (κ2) is 9.35. The lowest BCUT2D eigenvalue weighted by Gasteiger charge is -2.25. The third-order valence-electron chi connectivity index (χ3n) is 6.06. The lowest BCUT2D eigenvalue weighted by Crippen LogP contribution is -2.36. The van der Waals surface area contributed by atoms with Crippen molar-refractivity contribution >= 4 is 5.91 Å². The van der Waals surface area contributed by atoms with Crippen molar-refractivity contribution in [1.29, 1.82) is 0 Å². The number of fused-ring (bicyclic) bond motifs is 1. The fourth-order valence-electron chi connectivity index (χ4n) is 4.50. The molecule has 0 aromatic carbocycles. The molecule has 2 aromatic heterocycles. The first-order valence-corrected chi connectivity index (χ1v) is 10.9. The summed E-state index contributed by atoms with van der Waals surface area (Å²) in [5.41, 5.74) is 4.19. The third kappa shape index (κ3) is 4.58. The molecule has 6 nitrogen and oxygen atoms in total. The molecule has 1 N–H and O–H groups in total. The number of pyridine rings is 1. The molecule has 6 heteroatoms.